The van der Waals surface area contributed by atoms with Crippen LogP contribution in [0.25, 0.3) is 11.3 Å². The van der Waals surface area contributed by atoms with Gasteiger partial charge in [0.1, 0.15) is 5.82 Å². The highest BCUT2D eigenvalue weighted by Crippen LogP contribution is 2.27. The largest absolute Gasteiger partial charge is 0.368 e. The summed E-state index contributed by atoms with van der Waals surface area (Å²) >= 11 is 5.92. The van der Waals surface area contributed by atoms with Gasteiger partial charge in [-0.1, -0.05) is 11.6 Å². The molecule has 5 rings (SSSR count). The number of benzene rings is 1. The Morgan fingerprint density at radius 3 is 2.38 bits per heavy atom. The number of pyridine rings is 1. The zero-order valence-corrected chi connectivity index (χ0v) is 19.5. The number of piperidine rings is 1. The molecule has 2 aliphatic rings. The lowest BCUT2D eigenvalue weighted by atomic mass is 9.95. The Morgan fingerprint density at radius 2 is 1.74 bits per heavy atom. The zero-order valence-electron chi connectivity index (χ0n) is 18.8. The van der Waals surface area contributed by atoms with E-state index in [1.165, 1.54) is 6.07 Å². The molecular weight excluding hydrogens is 455 g/mol. The number of carbonyl (C=O) groups excluding carboxylic acids is 1. The molecule has 0 bridgehead atoms. The first-order valence-electron chi connectivity index (χ1n) is 11.6. The van der Waals surface area contributed by atoms with Gasteiger partial charge in [-0.3, -0.25) is 9.78 Å². The summed E-state index contributed by atoms with van der Waals surface area (Å²) in [5.41, 5.74) is 2.62. The predicted molar refractivity (Wildman–Crippen MR) is 130 cm³/mol. The van der Waals surface area contributed by atoms with E-state index in [0.717, 1.165) is 48.7 Å². The fourth-order valence-corrected chi connectivity index (χ4v) is 4.82. The first-order valence-corrected chi connectivity index (χ1v) is 11.9. The number of amides is 1. The summed E-state index contributed by atoms with van der Waals surface area (Å²) in [7, 11) is 0. The number of nitrogens with zero attached hydrogens (tertiary/aromatic N) is 6. The van der Waals surface area contributed by atoms with Gasteiger partial charge in [-0.15, -0.1) is 10.2 Å². The van der Waals surface area contributed by atoms with Crippen molar-refractivity contribution in [1.82, 2.24) is 20.1 Å². The van der Waals surface area contributed by atoms with Crippen LogP contribution >= 0.6 is 11.6 Å². The number of piperazine rings is 1. The SMILES string of the molecule is O=C(C1CCN(c2ccc(-c3cccnc3)nn2)CC1)N1CCN(c2ccc(F)c(Cl)c2)CC1. The Bertz CT molecular complexity index is 1130. The van der Waals surface area contributed by atoms with Gasteiger partial charge >= 0.3 is 0 Å². The highest BCUT2D eigenvalue weighted by molar-refractivity contribution is 6.31. The van der Waals surface area contributed by atoms with Crippen LogP contribution in [-0.4, -0.2) is 65.3 Å². The first kappa shape index (κ1) is 22.5. The minimum atomic E-state index is -0.416. The van der Waals surface area contributed by atoms with Crippen molar-refractivity contribution in [2.24, 2.45) is 5.92 Å². The number of aromatic nitrogens is 3. The fourth-order valence-electron chi connectivity index (χ4n) is 4.64. The second-order valence-corrected chi connectivity index (χ2v) is 9.10. The highest BCUT2D eigenvalue weighted by atomic mass is 35.5. The summed E-state index contributed by atoms with van der Waals surface area (Å²) in [5, 5.41) is 8.88. The monoisotopic (exact) mass is 480 g/mol. The van der Waals surface area contributed by atoms with E-state index in [4.69, 9.17) is 11.6 Å². The molecule has 0 N–H and O–H groups in total. The molecule has 0 saturated carbocycles. The maximum absolute atomic E-state index is 13.4. The molecule has 34 heavy (non-hydrogen) atoms. The van der Waals surface area contributed by atoms with Crippen molar-refractivity contribution in [3.63, 3.8) is 0 Å². The Morgan fingerprint density at radius 1 is 0.941 bits per heavy atom. The van der Waals surface area contributed by atoms with Crippen molar-refractivity contribution >= 4 is 29.0 Å². The van der Waals surface area contributed by atoms with E-state index in [1.807, 2.05) is 29.2 Å². The molecule has 0 unspecified atom stereocenters. The third-order valence-electron chi connectivity index (χ3n) is 6.64. The molecule has 4 heterocycles. The lowest BCUT2D eigenvalue weighted by Gasteiger charge is -2.39. The Balaban J connectivity index is 1.12. The van der Waals surface area contributed by atoms with Gasteiger partial charge in [0, 0.05) is 68.8 Å². The van der Waals surface area contributed by atoms with E-state index in [1.54, 1.807) is 24.5 Å². The van der Waals surface area contributed by atoms with Crippen molar-refractivity contribution in [1.29, 1.82) is 0 Å². The number of carbonyl (C=O) groups is 1. The molecular formula is C25H26ClFN6O. The van der Waals surface area contributed by atoms with Crippen molar-refractivity contribution in [3.05, 3.63) is 65.7 Å². The van der Waals surface area contributed by atoms with Crippen molar-refractivity contribution in [2.75, 3.05) is 49.1 Å². The molecule has 2 aromatic heterocycles. The van der Waals surface area contributed by atoms with Gasteiger partial charge in [0.2, 0.25) is 5.91 Å². The highest BCUT2D eigenvalue weighted by Gasteiger charge is 2.31. The number of rotatable bonds is 4. The molecule has 0 radical (unpaired) electrons. The van der Waals surface area contributed by atoms with Gasteiger partial charge in [0.25, 0.3) is 0 Å². The second-order valence-electron chi connectivity index (χ2n) is 8.69. The summed E-state index contributed by atoms with van der Waals surface area (Å²) in [6.07, 6.45) is 5.12. The minimum absolute atomic E-state index is 0.0330. The van der Waals surface area contributed by atoms with Crippen molar-refractivity contribution in [3.8, 4) is 11.3 Å². The summed E-state index contributed by atoms with van der Waals surface area (Å²) in [6, 6.07) is 12.6. The summed E-state index contributed by atoms with van der Waals surface area (Å²) in [4.78, 5) is 23.6. The quantitative estimate of drug-likeness (QED) is 0.564. The fraction of sp³-hybridized carbons (Fsp3) is 0.360. The third kappa shape index (κ3) is 4.82. The van der Waals surface area contributed by atoms with E-state index in [9.17, 15) is 9.18 Å². The summed E-state index contributed by atoms with van der Waals surface area (Å²) < 4.78 is 13.4. The molecule has 0 aliphatic carbocycles. The number of hydrogen-bond donors (Lipinski definition) is 0. The number of hydrogen-bond acceptors (Lipinski definition) is 6. The molecule has 2 aliphatic heterocycles. The molecule has 3 aromatic rings. The molecule has 0 atom stereocenters. The molecule has 2 fully saturated rings. The third-order valence-corrected chi connectivity index (χ3v) is 6.93. The average molecular weight is 481 g/mol. The van der Waals surface area contributed by atoms with E-state index >= 15 is 0 Å². The van der Waals surface area contributed by atoms with Crippen molar-refractivity contribution in [2.45, 2.75) is 12.8 Å². The maximum atomic E-state index is 13.4. The molecule has 1 aromatic carbocycles. The van der Waals surface area contributed by atoms with Crippen LogP contribution in [0.2, 0.25) is 5.02 Å². The minimum Gasteiger partial charge on any atom is -0.368 e. The molecule has 1 amide bonds. The Labute approximate surface area is 203 Å². The van der Waals surface area contributed by atoms with E-state index in [-0.39, 0.29) is 16.8 Å². The zero-order chi connectivity index (χ0) is 23.5. The average Bonchev–Trinajstić information content (AvgIpc) is 2.91. The number of halogens is 2. The van der Waals surface area contributed by atoms with Gasteiger partial charge in [-0.25, -0.2) is 4.39 Å². The smallest absolute Gasteiger partial charge is 0.225 e. The van der Waals surface area contributed by atoms with Gasteiger partial charge in [0.05, 0.1) is 10.7 Å². The van der Waals surface area contributed by atoms with Gasteiger partial charge in [-0.2, -0.15) is 0 Å². The standard InChI is InChI=1S/C25H26ClFN6O/c26-21-16-20(3-4-22(21)27)31-12-14-33(15-13-31)25(34)18-7-10-32(11-8-18)24-6-5-23(29-30-24)19-2-1-9-28-17-19/h1-6,9,16-18H,7-8,10-15H2. The van der Waals surface area contributed by atoms with Crippen LogP contribution in [0.1, 0.15) is 12.8 Å². The van der Waals surface area contributed by atoms with Crippen molar-refractivity contribution < 1.29 is 9.18 Å². The molecule has 7 nitrogen and oxygen atoms in total. The Hall–Kier alpha value is -3.26. The maximum Gasteiger partial charge on any atom is 0.225 e. The lowest BCUT2D eigenvalue weighted by molar-refractivity contribution is -0.136. The van der Waals surface area contributed by atoms with Gasteiger partial charge < -0.3 is 14.7 Å². The summed E-state index contributed by atoms with van der Waals surface area (Å²) in [6.45, 7) is 4.32. The molecule has 176 valence electrons. The number of anilines is 2. The Kier molecular flexibility index (Phi) is 6.58. The molecule has 2 saturated heterocycles. The topological polar surface area (TPSA) is 65.5 Å². The summed E-state index contributed by atoms with van der Waals surface area (Å²) in [5.74, 6) is 0.686. The van der Waals surface area contributed by atoms with E-state index in [0.29, 0.717) is 26.2 Å². The van der Waals surface area contributed by atoms with Crippen LogP contribution in [0, 0.1) is 11.7 Å². The van der Waals surface area contributed by atoms with Gasteiger partial charge in [-0.05, 0) is 55.3 Å². The van der Waals surface area contributed by atoms with Crippen LogP contribution in [-0.2, 0) is 4.79 Å². The lowest BCUT2D eigenvalue weighted by Crippen LogP contribution is -2.51. The van der Waals surface area contributed by atoms with Crippen LogP contribution < -0.4 is 9.80 Å². The van der Waals surface area contributed by atoms with E-state index in [2.05, 4.69) is 25.0 Å². The van der Waals surface area contributed by atoms with Crippen LogP contribution in [0.3, 0.4) is 0 Å². The second kappa shape index (κ2) is 9.93. The van der Waals surface area contributed by atoms with E-state index < -0.39 is 5.82 Å². The van der Waals surface area contributed by atoms with Gasteiger partial charge in [0.15, 0.2) is 5.82 Å². The first-order chi connectivity index (χ1) is 16.6. The molecule has 0 spiro atoms. The predicted octanol–water partition coefficient (Wildman–Crippen LogP) is 3.90. The molecule has 9 heteroatoms. The van der Waals surface area contributed by atoms with Crippen LogP contribution in [0.15, 0.2) is 54.9 Å². The van der Waals surface area contributed by atoms with Crippen LogP contribution in [0.4, 0.5) is 15.9 Å². The normalized spacial score (nSPS) is 17.2. The van der Waals surface area contributed by atoms with Crippen LogP contribution in [0.5, 0.6) is 0 Å².